The third kappa shape index (κ3) is 66.5. The molecule has 2 aliphatic rings. The SMILES string of the molecule is C.CCCCCCCCNC(=O)OCCNC(=O)NCCCCC(NC(=O)NCCOC(=O)NCCCCCCCC)C(=O)OC.COC(=O)C(CCCCNC(=O)NCCOC(=O)NC1CCCCC1)NC(=O)NCCOC(=O)NC1CCCCC1.COC(=O)C(CCCCNC(=O)NCCOC(=O)NCc1ccccc1)NC(=O)NCCOC(=O)NCc1ccccc1. The van der Waals surface area contributed by atoms with Crippen LogP contribution >= 0.6 is 0 Å². The van der Waals surface area contributed by atoms with Gasteiger partial charge in [-0.05, 0) is 107 Å². The Hall–Kier alpha value is -11.9. The molecule has 0 radical (unpaired) electrons. The molecule has 3 atom stereocenters. The first kappa shape index (κ1) is 116. The van der Waals surface area contributed by atoms with Crippen LogP contribution in [0.15, 0.2) is 60.7 Å². The van der Waals surface area contributed by atoms with Gasteiger partial charge >= 0.3 is 90.7 Å². The number of nitrogens with one attached hydrogen (secondary N) is 18. The summed E-state index contributed by atoms with van der Waals surface area (Å²) in [4.78, 5) is 179. The van der Waals surface area contributed by atoms with E-state index in [1.165, 1.54) is 79.1 Å². The number of carbonyl (C=O) groups excluding carboxylic acids is 15. The summed E-state index contributed by atoms with van der Waals surface area (Å²) in [6.07, 6.45) is 25.2. The van der Waals surface area contributed by atoms with E-state index in [4.69, 9.17) is 42.6 Å². The summed E-state index contributed by atoms with van der Waals surface area (Å²) in [6.45, 7) is 7.95. The van der Waals surface area contributed by atoms with Crippen molar-refractivity contribution in [1.82, 2.24) is 95.7 Å². The third-order valence-electron chi connectivity index (χ3n) is 19.7. The molecular weight excluding hydrogens is 1690 g/mol. The average molecular weight is 1850 g/mol. The maximum atomic E-state index is 12.2. The van der Waals surface area contributed by atoms with Gasteiger partial charge in [0.1, 0.15) is 57.8 Å². The van der Waals surface area contributed by atoms with E-state index in [9.17, 15) is 71.9 Å². The molecule has 0 spiro atoms. The standard InChI is InChI=1S/C31H60N6O8.C29H40N6O8.C27H48N6O8.CH4/c1-4-6-8-10-12-15-20-35-30(41)44-24-22-33-28(39)32-19-17-14-18-26(27(38)43-3)37-29(40)34-23-25-45-31(42)36-21-16-13-11-9-7-5-2;1-41-25(36)24(35-27(38)32-17-19-43-29(40)34-21-23-12-6-3-7-13-23)14-8-9-15-30-26(37)31-16-18-42-28(39)33-20-22-10-4-2-5-11-22;1-39-23(34)22(33-25(36)30-17-19-41-27(38)32-21-12-6-3-7-13-21)14-8-9-15-28-24(35)29-16-18-40-26(37)31-20-10-4-2-5-11-20;/h26H,4-25H2,1-3H3,(H,35,41)(H,36,42)(H2,32,33,39)(H2,34,37,40);2-7,10-13,24H,8-9,14-21H2,1H3,(H,33,39)(H,34,40)(H2,30,31,37)(H2,32,35,38);20-22H,2-19H2,1H3,(H,31,37)(H,32,38)(H2,28,29,35)(H2,30,33,36);1H4. The second-order valence-electron chi connectivity index (χ2n) is 30.3. The monoisotopic (exact) mass is 1850 g/mol. The lowest BCUT2D eigenvalue weighted by atomic mass is 9.96. The first-order valence-electron chi connectivity index (χ1n) is 45.6. The summed E-state index contributed by atoms with van der Waals surface area (Å²) in [6, 6.07) is 13.4. The van der Waals surface area contributed by atoms with Gasteiger partial charge in [0.2, 0.25) is 0 Å². The Bertz CT molecular complexity index is 3440. The molecule has 0 aliphatic heterocycles. The van der Waals surface area contributed by atoms with E-state index >= 15 is 0 Å². The summed E-state index contributed by atoms with van der Waals surface area (Å²) in [5, 5.41) is 47.4. The van der Waals surface area contributed by atoms with Gasteiger partial charge in [0.15, 0.2) is 0 Å². The minimum Gasteiger partial charge on any atom is -0.467 e. The highest BCUT2D eigenvalue weighted by molar-refractivity contribution is 5.85. The molecule has 0 saturated heterocycles. The van der Waals surface area contributed by atoms with Crippen LogP contribution in [0, 0.1) is 0 Å². The number of benzene rings is 2. The van der Waals surface area contributed by atoms with Gasteiger partial charge in [-0.3, -0.25) is 0 Å². The van der Waals surface area contributed by atoms with Crippen LogP contribution in [0.2, 0.25) is 0 Å². The number of urea groups is 6. The van der Waals surface area contributed by atoms with Crippen molar-refractivity contribution in [2.45, 2.75) is 264 Å². The summed E-state index contributed by atoms with van der Waals surface area (Å²) >= 11 is 0. The predicted molar refractivity (Wildman–Crippen MR) is 487 cm³/mol. The van der Waals surface area contributed by atoms with Crippen molar-refractivity contribution >= 4 is 90.7 Å². The third-order valence-corrected chi connectivity index (χ3v) is 19.7. The molecule has 4 rings (SSSR count). The summed E-state index contributed by atoms with van der Waals surface area (Å²) in [7, 11) is 3.70. The molecule has 0 bridgehead atoms. The van der Waals surface area contributed by atoms with Gasteiger partial charge in [0.05, 0.1) is 60.6 Å². The van der Waals surface area contributed by atoms with Crippen molar-refractivity contribution in [1.29, 1.82) is 0 Å². The van der Waals surface area contributed by atoms with Crippen molar-refractivity contribution in [2.24, 2.45) is 0 Å². The Balaban J connectivity index is 0.000000972. The molecule has 738 valence electrons. The molecule has 2 saturated carbocycles. The van der Waals surface area contributed by atoms with Crippen LogP contribution in [0.5, 0.6) is 0 Å². The van der Waals surface area contributed by atoms with Crippen LogP contribution in [-0.4, -0.2) is 254 Å². The Kier molecular flexibility index (Phi) is 70.8. The van der Waals surface area contributed by atoms with Crippen LogP contribution in [-0.2, 0) is 70.1 Å². The molecule has 2 aliphatic carbocycles. The van der Waals surface area contributed by atoms with E-state index in [1.54, 1.807) is 0 Å². The highest BCUT2D eigenvalue weighted by atomic mass is 16.6. The van der Waals surface area contributed by atoms with E-state index < -0.39 is 109 Å². The number of alkyl carbamates (subject to hydrolysis) is 6. The molecule has 0 heterocycles. The first-order chi connectivity index (χ1) is 62.6. The molecule has 42 heteroatoms. The normalized spacial score (nSPS) is 12.6. The van der Waals surface area contributed by atoms with Crippen LogP contribution in [0.25, 0.3) is 0 Å². The lowest BCUT2D eigenvalue weighted by Crippen LogP contribution is -2.47. The Labute approximate surface area is 766 Å². The van der Waals surface area contributed by atoms with Gasteiger partial charge in [-0.2, -0.15) is 0 Å². The minimum atomic E-state index is -0.890. The number of amides is 18. The van der Waals surface area contributed by atoms with Gasteiger partial charge in [-0.1, -0.05) is 185 Å². The van der Waals surface area contributed by atoms with Crippen molar-refractivity contribution < 1.29 is 115 Å². The second kappa shape index (κ2) is 79.3. The second-order valence-corrected chi connectivity index (χ2v) is 30.3. The zero-order valence-electron chi connectivity index (χ0n) is 76.3. The van der Waals surface area contributed by atoms with Crippen LogP contribution in [0.4, 0.5) is 57.5 Å². The molecule has 42 nitrogen and oxygen atoms in total. The molecule has 18 amide bonds. The highest BCUT2D eigenvalue weighted by Crippen LogP contribution is 2.19. The van der Waals surface area contributed by atoms with Crippen molar-refractivity contribution in [3.05, 3.63) is 71.8 Å². The van der Waals surface area contributed by atoms with Gasteiger partial charge in [-0.25, -0.2) is 71.9 Å². The lowest BCUT2D eigenvalue weighted by Gasteiger charge is -2.22. The molecule has 0 aromatic heterocycles. The van der Waals surface area contributed by atoms with E-state index in [0.717, 1.165) is 94.6 Å². The molecule has 3 unspecified atom stereocenters. The Morgan fingerprint density at radius 2 is 0.515 bits per heavy atom. The van der Waals surface area contributed by atoms with Crippen molar-refractivity contribution in [2.75, 3.05) is 133 Å². The zero-order valence-corrected chi connectivity index (χ0v) is 76.3. The number of hydrogen-bond acceptors (Lipinski definition) is 24. The Morgan fingerprint density at radius 3 is 0.800 bits per heavy atom. The zero-order chi connectivity index (χ0) is 94.2. The van der Waals surface area contributed by atoms with E-state index in [0.29, 0.717) is 97.2 Å². The predicted octanol–water partition coefficient (Wildman–Crippen LogP) is 9.67. The van der Waals surface area contributed by atoms with Crippen LogP contribution in [0.3, 0.4) is 0 Å². The van der Waals surface area contributed by atoms with E-state index in [2.05, 4.69) is 110 Å². The summed E-state index contributed by atoms with van der Waals surface area (Å²) in [5.74, 6) is -1.77. The number of hydrogen-bond donors (Lipinski definition) is 18. The lowest BCUT2D eigenvalue weighted by molar-refractivity contribution is -0.143. The number of rotatable bonds is 59. The van der Waals surface area contributed by atoms with E-state index in [1.807, 2.05) is 60.7 Å². The topological polar surface area (TPSA) is 556 Å². The summed E-state index contributed by atoms with van der Waals surface area (Å²) in [5.41, 5.74) is 1.87. The van der Waals surface area contributed by atoms with Gasteiger partial charge in [0, 0.05) is 57.9 Å². The molecule has 2 fully saturated rings. The van der Waals surface area contributed by atoms with Crippen LogP contribution in [0.1, 0.15) is 231 Å². The Morgan fingerprint density at radius 1 is 0.277 bits per heavy atom. The van der Waals surface area contributed by atoms with Gasteiger partial charge in [-0.15, -0.1) is 0 Å². The number of carbonyl (C=O) groups is 15. The average Bonchev–Trinajstić information content (AvgIpc) is 0.929. The van der Waals surface area contributed by atoms with Crippen LogP contribution < -0.4 is 95.7 Å². The molecular formula is C88H152N18O24. The van der Waals surface area contributed by atoms with Gasteiger partial charge in [0.25, 0.3) is 0 Å². The van der Waals surface area contributed by atoms with Crippen molar-refractivity contribution in [3.63, 3.8) is 0 Å². The largest absolute Gasteiger partial charge is 0.467 e. The van der Waals surface area contributed by atoms with Gasteiger partial charge < -0.3 is 138 Å². The maximum Gasteiger partial charge on any atom is 0.407 e. The molecule has 2 aromatic carbocycles. The molecule has 130 heavy (non-hydrogen) atoms. The smallest absolute Gasteiger partial charge is 0.407 e. The number of esters is 3. The fourth-order valence-electron chi connectivity index (χ4n) is 12.7. The summed E-state index contributed by atoms with van der Waals surface area (Å²) < 4.78 is 44.6. The molecule has 18 N–H and O–H groups in total. The quantitative estimate of drug-likeness (QED) is 0.0166. The maximum absolute atomic E-state index is 12.2. The number of ether oxygens (including phenoxy) is 9. The van der Waals surface area contributed by atoms with E-state index in [-0.39, 0.29) is 105 Å². The number of methoxy groups -OCH3 is 3. The highest BCUT2D eigenvalue weighted by Gasteiger charge is 2.26. The fourth-order valence-corrected chi connectivity index (χ4v) is 12.7. The van der Waals surface area contributed by atoms with Crippen molar-refractivity contribution in [3.8, 4) is 0 Å². The first-order valence-corrected chi connectivity index (χ1v) is 45.6. The fraction of sp³-hybridized carbons (Fsp3) is 0.693. The minimum absolute atomic E-state index is 0. The molecule has 2 aromatic rings. The number of unbranched alkanes of at least 4 members (excludes halogenated alkanes) is 13.